The van der Waals surface area contributed by atoms with Gasteiger partial charge in [0.15, 0.2) is 17.5 Å². The number of ether oxygens (including phenoxy) is 5. The Balaban J connectivity index is 1.49. The summed E-state index contributed by atoms with van der Waals surface area (Å²) in [4.78, 5) is 68.6. The number of Topliss-reactive ketones (excluding diaryl/α,β-unsaturated/α-hetero) is 1. The Morgan fingerprint density at radius 3 is 2.12 bits per heavy atom. The molecule has 2 saturated carbocycles. The quantitative estimate of drug-likeness (QED) is 0.110. The summed E-state index contributed by atoms with van der Waals surface area (Å²) in [6.07, 6.45) is -11.8. The second-order valence-electron chi connectivity index (χ2n) is 17.3. The van der Waals surface area contributed by atoms with Crippen LogP contribution in [0.3, 0.4) is 0 Å². The molecule has 2 bridgehead atoms. The Labute approximate surface area is 340 Å². The Morgan fingerprint density at radius 1 is 0.966 bits per heavy atom. The highest BCUT2D eigenvalue weighted by atomic mass is 35.5. The molecule has 0 unspecified atom stereocenters. The smallest absolute Gasteiger partial charge is 0.408 e. The number of ketones is 1. The van der Waals surface area contributed by atoms with Crippen molar-refractivity contribution < 1.29 is 68.1 Å². The number of halogens is 1. The van der Waals surface area contributed by atoms with Crippen LogP contribution in [0.15, 0.2) is 71.8 Å². The average molecular weight is 828 g/mol. The largest absolute Gasteiger partial charge is 0.456 e. The summed E-state index contributed by atoms with van der Waals surface area (Å²) in [7, 11) is 0. The predicted molar refractivity (Wildman–Crippen MR) is 204 cm³/mol. The van der Waals surface area contributed by atoms with E-state index in [0.717, 1.165) is 0 Å². The van der Waals surface area contributed by atoms with Crippen molar-refractivity contribution in [3.63, 3.8) is 0 Å². The van der Waals surface area contributed by atoms with Gasteiger partial charge in [0.1, 0.15) is 35.6 Å². The van der Waals surface area contributed by atoms with Crippen molar-refractivity contribution in [2.24, 2.45) is 16.7 Å². The molecular weight excluding hydrogens is 778 g/mol. The minimum absolute atomic E-state index is 0.0542. The van der Waals surface area contributed by atoms with Crippen LogP contribution in [0.25, 0.3) is 0 Å². The fourth-order valence-electron chi connectivity index (χ4n) is 9.44. The molecule has 1 heterocycles. The first-order valence-electron chi connectivity index (χ1n) is 19.0. The maximum Gasteiger partial charge on any atom is 0.408 e. The SMILES string of the molecule is CC1=C2[C@@H](O)C(=O)[C@@]3(C)[C@H]([C@H](OC(=O)c4ccccc4)[C@](O)(C[C@@H]1OC(=O)[C@H](O)[C@@H](NC(=O)OC(C)(C)C)c1ccccc1)C2(C)C)[C@]1(OC(=O)Cl)CO[C@@H]1C[C@@H]3O. The van der Waals surface area contributed by atoms with E-state index in [1.54, 1.807) is 69.3 Å². The summed E-state index contributed by atoms with van der Waals surface area (Å²) in [6.45, 7) is 10.4. The third kappa shape index (κ3) is 7.19. The summed E-state index contributed by atoms with van der Waals surface area (Å²) >= 11 is 5.85. The molecule has 11 atom stereocenters. The minimum atomic E-state index is -2.40. The number of nitrogens with one attached hydrogen (secondary N) is 1. The highest BCUT2D eigenvalue weighted by Crippen LogP contribution is 2.64. The molecule has 1 amide bonds. The summed E-state index contributed by atoms with van der Waals surface area (Å²) in [5.74, 6) is -4.77. The maximum absolute atomic E-state index is 14.9. The molecule has 314 valence electrons. The van der Waals surface area contributed by atoms with E-state index in [1.807, 2.05) is 0 Å². The van der Waals surface area contributed by atoms with Crippen LogP contribution < -0.4 is 5.32 Å². The molecule has 58 heavy (non-hydrogen) atoms. The number of aliphatic hydroxyl groups excluding tert-OH is 3. The number of hydrogen-bond acceptors (Lipinski definition) is 14. The highest BCUT2D eigenvalue weighted by molar-refractivity contribution is 6.61. The summed E-state index contributed by atoms with van der Waals surface area (Å²) < 4.78 is 29.1. The van der Waals surface area contributed by atoms with Crippen LogP contribution in [0.1, 0.15) is 83.3 Å². The Kier molecular flexibility index (Phi) is 11.4. The molecule has 5 N–H and O–H groups in total. The van der Waals surface area contributed by atoms with Crippen molar-refractivity contribution in [3.05, 3.63) is 82.9 Å². The second kappa shape index (κ2) is 15.3. The Morgan fingerprint density at radius 2 is 1.57 bits per heavy atom. The molecule has 6 rings (SSSR count). The van der Waals surface area contributed by atoms with Crippen molar-refractivity contribution in [2.45, 2.75) is 121 Å². The zero-order valence-electron chi connectivity index (χ0n) is 33.3. The number of fused-ring (bicyclic) bond motifs is 5. The lowest BCUT2D eigenvalue weighted by Gasteiger charge is -2.67. The summed E-state index contributed by atoms with van der Waals surface area (Å²) in [6, 6.07) is 14.5. The number of aliphatic hydroxyl groups is 4. The van der Waals surface area contributed by atoms with E-state index >= 15 is 0 Å². The molecule has 0 spiro atoms. The molecular formula is C42H50ClNO14. The van der Waals surface area contributed by atoms with Gasteiger partial charge in [-0.3, -0.25) is 4.79 Å². The normalized spacial score (nSPS) is 33.7. The molecule has 4 aliphatic rings. The van der Waals surface area contributed by atoms with E-state index in [0.29, 0.717) is 5.56 Å². The molecule has 3 fully saturated rings. The minimum Gasteiger partial charge on any atom is -0.456 e. The molecule has 2 aromatic rings. The molecule has 16 heteroatoms. The third-order valence-electron chi connectivity index (χ3n) is 12.5. The molecule has 3 aliphatic carbocycles. The highest BCUT2D eigenvalue weighted by Gasteiger charge is 2.78. The monoisotopic (exact) mass is 827 g/mol. The van der Waals surface area contributed by atoms with Crippen molar-refractivity contribution in [2.75, 3.05) is 6.61 Å². The van der Waals surface area contributed by atoms with E-state index in [9.17, 15) is 44.4 Å². The molecule has 2 aromatic carbocycles. The fraction of sp³-hybridized carbons (Fsp3) is 0.548. The molecule has 0 radical (unpaired) electrons. The Bertz CT molecular complexity index is 1980. The predicted octanol–water partition coefficient (Wildman–Crippen LogP) is 4.07. The van der Waals surface area contributed by atoms with Gasteiger partial charge >= 0.3 is 23.5 Å². The van der Waals surface area contributed by atoms with Crippen LogP contribution in [0.5, 0.6) is 0 Å². The number of amides is 1. The van der Waals surface area contributed by atoms with Gasteiger partial charge < -0.3 is 49.4 Å². The summed E-state index contributed by atoms with van der Waals surface area (Å²) in [5, 5.41) is 51.4. The average Bonchev–Trinajstić information content (AvgIpc) is 3.14. The number of carbonyl (C=O) groups excluding carboxylic acids is 5. The molecule has 15 nitrogen and oxygen atoms in total. The van der Waals surface area contributed by atoms with Gasteiger partial charge in [0, 0.05) is 29.9 Å². The van der Waals surface area contributed by atoms with Gasteiger partial charge in [-0.25, -0.2) is 19.2 Å². The first-order valence-corrected chi connectivity index (χ1v) is 19.4. The van der Waals surface area contributed by atoms with Gasteiger partial charge in [-0.1, -0.05) is 62.4 Å². The number of benzene rings is 2. The van der Waals surface area contributed by atoms with Crippen LogP contribution in [-0.2, 0) is 33.3 Å². The lowest BCUT2D eigenvalue weighted by molar-refractivity contribution is -0.339. The topological polar surface area (TPSA) is 224 Å². The van der Waals surface area contributed by atoms with E-state index < -0.39 is 112 Å². The fourth-order valence-corrected chi connectivity index (χ4v) is 9.59. The zero-order valence-corrected chi connectivity index (χ0v) is 34.0. The van der Waals surface area contributed by atoms with E-state index in [4.69, 9.17) is 35.3 Å². The second-order valence-corrected chi connectivity index (χ2v) is 17.6. The van der Waals surface area contributed by atoms with Gasteiger partial charge in [-0.05, 0) is 63.5 Å². The third-order valence-corrected chi connectivity index (χ3v) is 12.6. The number of esters is 2. The molecule has 0 aromatic heterocycles. The van der Waals surface area contributed by atoms with Crippen molar-refractivity contribution in [1.29, 1.82) is 0 Å². The van der Waals surface area contributed by atoms with Crippen molar-refractivity contribution in [1.82, 2.24) is 5.32 Å². The Hall–Kier alpha value is -4.38. The first kappa shape index (κ1) is 43.2. The molecule has 1 saturated heterocycles. The van der Waals surface area contributed by atoms with E-state index in [-0.39, 0.29) is 29.7 Å². The molecule has 1 aliphatic heterocycles. The first-order chi connectivity index (χ1) is 27.0. The van der Waals surface area contributed by atoms with Crippen molar-refractivity contribution >= 4 is 40.8 Å². The standard InChI is InChI=1S/C42H50ClNO14/c1-21-24(55-35(50)30(47)28(22-14-10-8-11-15-22)44-37(52)58-38(2,3)4)19-42(53)33(56-34(49)23-16-12-9-13-17-23)31-40(7,32(48)29(46)27(21)39(42,5)6)25(45)18-26-41(31,20-54-26)57-36(43)51/h8-17,24-26,28-31,33,45-47,53H,18-20H2,1-7H3,(H,44,52)/t24-,25-,26+,28-,29+,30+,31-,33-,40+,41-,42+/m0/s1. The van der Waals surface area contributed by atoms with Gasteiger partial charge in [-0.15, -0.1) is 0 Å². The number of carbonyl (C=O) groups is 5. The van der Waals surface area contributed by atoms with Gasteiger partial charge in [-0.2, -0.15) is 0 Å². The number of hydrogen-bond donors (Lipinski definition) is 5. The summed E-state index contributed by atoms with van der Waals surface area (Å²) in [5.41, 5.74) is -9.79. The van der Waals surface area contributed by atoms with Gasteiger partial charge in [0.2, 0.25) is 0 Å². The van der Waals surface area contributed by atoms with Crippen LogP contribution in [-0.4, -0.2) is 110 Å². The van der Waals surface area contributed by atoms with Crippen LogP contribution >= 0.6 is 11.6 Å². The van der Waals surface area contributed by atoms with Crippen LogP contribution in [0.4, 0.5) is 9.59 Å². The zero-order chi connectivity index (χ0) is 42.7. The van der Waals surface area contributed by atoms with Gasteiger partial charge in [0.05, 0.1) is 35.6 Å². The number of rotatable bonds is 8. The van der Waals surface area contributed by atoms with E-state index in [2.05, 4.69) is 5.32 Å². The maximum atomic E-state index is 14.9. The van der Waals surface area contributed by atoms with Crippen molar-refractivity contribution in [3.8, 4) is 0 Å². The van der Waals surface area contributed by atoms with Gasteiger partial charge in [0.25, 0.3) is 0 Å². The lowest BCUT2D eigenvalue weighted by Crippen LogP contribution is -2.81. The van der Waals surface area contributed by atoms with E-state index in [1.165, 1.54) is 39.8 Å². The number of alkyl carbamates (subject to hydrolysis) is 1. The lowest BCUT2D eigenvalue weighted by atomic mass is 9.44. The van der Waals surface area contributed by atoms with Crippen LogP contribution in [0, 0.1) is 16.7 Å². The van der Waals surface area contributed by atoms with Crippen LogP contribution in [0.2, 0.25) is 0 Å².